The summed E-state index contributed by atoms with van der Waals surface area (Å²) in [6.45, 7) is 0. The summed E-state index contributed by atoms with van der Waals surface area (Å²) in [5, 5.41) is 13.8. The molecule has 12 rings (SSSR count). The molecule has 4 nitrogen and oxygen atoms in total. The number of rotatable bonds is 5. The monoisotopic (exact) mass is 740 g/mol. The van der Waals surface area contributed by atoms with E-state index in [2.05, 4.69) is 221 Å². The van der Waals surface area contributed by atoms with Crippen LogP contribution in [0.3, 0.4) is 0 Å². The highest BCUT2D eigenvalue weighted by Crippen LogP contribution is 2.41. The third-order valence-electron chi connectivity index (χ3n) is 11.9. The molecule has 1 N–H and O–H groups in total. The lowest BCUT2D eigenvalue weighted by Gasteiger charge is -2.25. The number of nitrogens with zero attached hydrogens (tertiary/aromatic N) is 3. The maximum absolute atomic E-state index is 5.40. The molecular formula is C54H36N4. The SMILES string of the molecule is C1=C(c2ccc3c(c2)c2ccccc2n3-c2ccccc2)NC(c2ccccc2)N=C1c1cccc(-n2c3ccc4ccccc4c3c3c4ccccc4ccc32)c1. The first-order chi connectivity index (χ1) is 28.8. The Morgan fingerprint density at radius 1 is 0.397 bits per heavy atom. The summed E-state index contributed by atoms with van der Waals surface area (Å²) >= 11 is 0. The number of hydrogen-bond donors (Lipinski definition) is 1. The molecule has 1 aliphatic heterocycles. The fraction of sp³-hybridized carbons (Fsp3) is 0.0185. The Kier molecular flexibility index (Phi) is 7.26. The van der Waals surface area contributed by atoms with E-state index in [1.54, 1.807) is 0 Å². The Hall–Kier alpha value is -7.69. The van der Waals surface area contributed by atoms with Gasteiger partial charge in [0.15, 0.2) is 0 Å². The molecule has 0 bridgehead atoms. The van der Waals surface area contributed by atoms with Crippen LogP contribution in [-0.2, 0) is 0 Å². The van der Waals surface area contributed by atoms with E-state index in [0.717, 1.165) is 39.5 Å². The van der Waals surface area contributed by atoms with Gasteiger partial charge in [-0.15, -0.1) is 0 Å². The molecule has 0 saturated carbocycles. The molecule has 4 heteroatoms. The van der Waals surface area contributed by atoms with Crippen molar-refractivity contribution < 1.29 is 0 Å². The lowest BCUT2D eigenvalue weighted by atomic mass is 10.00. The summed E-state index contributed by atoms with van der Waals surface area (Å²) in [5.41, 5.74) is 12.3. The summed E-state index contributed by atoms with van der Waals surface area (Å²) < 4.78 is 4.80. The second-order valence-electron chi connectivity index (χ2n) is 15.2. The van der Waals surface area contributed by atoms with Gasteiger partial charge in [0, 0.05) is 44.2 Å². The number of aromatic nitrogens is 2. The first-order valence-electron chi connectivity index (χ1n) is 19.9. The lowest BCUT2D eigenvalue weighted by Crippen LogP contribution is -2.24. The van der Waals surface area contributed by atoms with Crippen molar-refractivity contribution in [3.8, 4) is 11.4 Å². The van der Waals surface area contributed by atoms with Crippen molar-refractivity contribution in [3.63, 3.8) is 0 Å². The minimum Gasteiger partial charge on any atom is -0.360 e. The molecular weight excluding hydrogens is 705 g/mol. The molecule has 0 spiro atoms. The summed E-state index contributed by atoms with van der Waals surface area (Å²) in [6, 6.07) is 72.2. The van der Waals surface area contributed by atoms with Crippen LogP contribution in [-0.4, -0.2) is 14.8 Å². The maximum Gasteiger partial charge on any atom is 0.145 e. The highest BCUT2D eigenvalue weighted by molar-refractivity contribution is 6.28. The van der Waals surface area contributed by atoms with Gasteiger partial charge in [-0.25, -0.2) is 0 Å². The molecule has 0 radical (unpaired) electrons. The molecule has 0 saturated heterocycles. The van der Waals surface area contributed by atoms with E-state index in [9.17, 15) is 0 Å². The zero-order valence-corrected chi connectivity index (χ0v) is 31.5. The van der Waals surface area contributed by atoms with E-state index < -0.39 is 0 Å². The number of hydrogen-bond acceptors (Lipinski definition) is 2. The van der Waals surface area contributed by atoms with Crippen LogP contribution in [0.4, 0.5) is 0 Å². The van der Waals surface area contributed by atoms with Crippen molar-refractivity contribution in [3.05, 3.63) is 223 Å². The van der Waals surface area contributed by atoms with Gasteiger partial charge in [-0.3, -0.25) is 4.99 Å². The average Bonchev–Trinajstić information content (AvgIpc) is 3.83. The van der Waals surface area contributed by atoms with E-state index in [-0.39, 0.29) is 6.17 Å². The van der Waals surface area contributed by atoms with Crippen LogP contribution in [0, 0.1) is 0 Å². The molecule has 9 aromatic carbocycles. The predicted molar refractivity (Wildman–Crippen MR) is 243 cm³/mol. The van der Waals surface area contributed by atoms with Crippen LogP contribution in [0.25, 0.3) is 82.2 Å². The zero-order chi connectivity index (χ0) is 38.2. The molecule has 3 heterocycles. The summed E-state index contributed by atoms with van der Waals surface area (Å²) in [7, 11) is 0. The second kappa shape index (κ2) is 12.9. The number of para-hydroxylation sites is 2. The van der Waals surface area contributed by atoms with E-state index in [1.165, 1.54) is 65.2 Å². The number of allylic oxidation sites excluding steroid dienone is 1. The van der Waals surface area contributed by atoms with Crippen molar-refractivity contribution in [1.29, 1.82) is 0 Å². The highest BCUT2D eigenvalue weighted by Gasteiger charge is 2.22. The number of benzene rings is 9. The molecule has 0 amide bonds. The van der Waals surface area contributed by atoms with Crippen molar-refractivity contribution in [2.45, 2.75) is 6.17 Å². The Labute approximate surface area is 335 Å². The molecule has 1 atom stereocenters. The van der Waals surface area contributed by atoms with E-state index in [1.807, 2.05) is 0 Å². The number of aliphatic imine (C=N–C) groups is 1. The Bertz CT molecular complexity index is 3380. The van der Waals surface area contributed by atoms with Crippen LogP contribution < -0.4 is 5.32 Å². The third-order valence-corrected chi connectivity index (χ3v) is 11.9. The fourth-order valence-electron chi connectivity index (χ4n) is 9.28. The quantitative estimate of drug-likeness (QED) is 0.187. The zero-order valence-electron chi connectivity index (χ0n) is 31.5. The van der Waals surface area contributed by atoms with Gasteiger partial charge in [0.05, 0.1) is 27.8 Å². The van der Waals surface area contributed by atoms with Gasteiger partial charge in [0.2, 0.25) is 0 Å². The van der Waals surface area contributed by atoms with E-state index in [0.29, 0.717) is 0 Å². The van der Waals surface area contributed by atoms with Gasteiger partial charge < -0.3 is 14.5 Å². The second-order valence-corrected chi connectivity index (χ2v) is 15.2. The predicted octanol–water partition coefficient (Wildman–Crippen LogP) is 13.3. The van der Waals surface area contributed by atoms with Gasteiger partial charge >= 0.3 is 0 Å². The van der Waals surface area contributed by atoms with E-state index in [4.69, 9.17) is 4.99 Å². The highest BCUT2D eigenvalue weighted by atomic mass is 15.1. The Morgan fingerprint density at radius 2 is 0.966 bits per heavy atom. The van der Waals surface area contributed by atoms with Crippen molar-refractivity contribution in [2.24, 2.45) is 4.99 Å². The van der Waals surface area contributed by atoms with Crippen molar-refractivity contribution in [1.82, 2.24) is 14.5 Å². The molecule has 58 heavy (non-hydrogen) atoms. The van der Waals surface area contributed by atoms with Crippen molar-refractivity contribution in [2.75, 3.05) is 0 Å². The molecule has 1 unspecified atom stereocenters. The van der Waals surface area contributed by atoms with E-state index >= 15 is 0 Å². The van der Waals surface area contributed by atoms with Gasteiger partial charge in [-0.05, 0) is 93.3 Å². The molecule has 0 aliphatic carbocycles. The summed E-state index contributed by atoms with van der Waals surface area (Å²) in [5.74, 6) is 0. The minimum atomic E-state index is -0.257. The van der Waals surface area contributed by atoms with Gasteiger partial charge in [0.1, 0.15) is 6.17 Å². The smallest absolute Gasteiger partial charge is 0.145 e. The maximum atomic E-state index is 5.40. The van der Waals surface area contributed by atoms with Crippen LogP contribution in [0.1, 0.15) is 22.9 Å². The average molecular weight is 741 g/mol. The molecule has 0 fully saturated rings. The largest absolute Gasteiger partial charge is 0.360 e. The molecule has 272 valence electrons. The summed E-state index contributed by atoms with van der Waals surface area (Å²) in [4.78, 5) is 5.40. The normalized spacial score (nSPS) is 14.4. The van der Waals surface area contributed by atoms with Crippen LogP contribution >= 0.6 is 0 Å². The number of nitrogens with one attached hydrogen (secondary N) is 1. The molecule has 1 aliphatic rings. The molecule has 11 aromatic rings. The van der Waals surface area contributed by atoms with Crippen LogP contribution in [0.2, 0.25) is 0 Å². The topological polar surface area (TPSA) is 34.2 Å². The third kappa shape index (κ3) is 5.05. The van der Waals surface area contributed by atoms with Gasteiger partial charge in [-0.2, -0.15) is 0 Å². The fourth-order valence-corrected chi connectivity index (χ4v) is 9.28. The summed E-state index contributed by atoms with van der Waals surface area (Å²) in [6.07, 6.45) is 1.97. The molecule has 2 aromatic heterocycles. The lowest BCUT2D eigenvalue weighted by molar-refractivity contribution is 0.664. The minimum absolute atomic E-state index is 0.257. The first-order valence-corrected chi connectivity index (χ1v) is 19.9. The standard InChI is InChI=1S/C54H36N4/c1-3-16-37(17-4-1)54-55-46(34-47(56-54)39-28-29-49-45(33-39)44-24-11-12-25-48(44)57(49)40-19-5-2-6-20-40)38-18-13-21-41(32-38)58-50-30-26-35-14-7-9-22-42(35)52(50)53-43-23-10-8-15-36(43)27-31-51(53)58/h1-34,54,56H. The van der Waals surface area contributed by atoms with Crippen LogP contribution in [0.15, 0.2) is 211 Å². The number of fused-ring (bicyclic) bond motifs is 10. The van der Waals surface area contributed by atoms with Crippen LogP contribution in [0.5, 0.6) is 0 Å². The Morgan fingerprint density at radius 3 is 1.69 bits per heavy atom. The van der Waals surface area contributed by atoms with Gasteiger partial charge in [0.25, 0.3) is 0 Å². The Balaban J connectivity index is 1.04. The van der Waals surface area contributed by atoms with Crippen molar-refractivity contribution >= 4 is 76.6 Å². The first kappa shape index (κ1) is 32.5. The van der Waals surface area contributed by atoms with Gasteiger partial charge in [-0.1, -0.05) is 146 Å².